The number of rotatable bonds is 5. The van der Waals surface area contributed by atoms with Crippen LogP contribution in [0.1, 0.15) is 37.9 Å². The molecule has 2 amide bonds. The second kappa shape index (κ2) is 7.44. The lowest BCUT2D eigenvalue weighted by molar-refractivity contribution is -0.113. The highest BCUT2D eigenvalue weighted by atomic mass is 16.5. The van der Waals surface area contributed by atoms with Crippen LogP contribution in [0, 0.1) is 0 Å². The summed E-state index contributed by atoms with van der Waals surface area (Å²) in [6, 6.07) is 15.9. The molecular formula is C21H22N2O3. The third-order valence-corrected chi connectivity index (χ3v) is 4.11. The van der Waals surface area contributed by atoms with Gasteiger partial charge in [0.25, 0.3) is 0 Å². The van der Waals surface area contributed by atoms with E-state index in [4.69, 9.17) is 4.74 Å². The zero-order chi connectivity index (χ0) is 18.7. The van der Waals surface area contributed by atoms with Crippen molar-refractivity contribution in [2.24, 2.45) is 0 Å². The van der Waals surface area contributed by atoms with Crippen LogP contribution in [0.25, 0.3) is 5.70 Å². The van der Waals surface area contributed by atoms with E-state index >= 15 is 0 Å². The van der Waals surface area contributed by atoms with Crippen LogP contribution in [0.5, 0.6) is 5.75 Å². The van der Waals surface area contributed by atoms with Crippen LogP contribution in [0.3, 0.4) is 0 Å². The molecule has 0 radical (unpaired) electrons. The number of amides is 2. The molecule has 0 saturated heterocycles. The molecule has 1 aliphatic heterocycles. The summed E-state index contributed by atoms with van der Waals surface area (Å²) in [6.07, 6.45) is -0.0214. The van der Waals surface area contributed by atoms with Crippen LogP contribution in [0.2, 0.25) is 0 Å². The number of nitrogens with one attached hydrogen (secondary N) is 2. The van der Waals surface area contributed by atoms with Gasteiger partial charge in [0, 0.05) is 11.1 Å². The molecule has 0 aromatic heterocycles. The van der Waals surface area contributed by atoms with Crippen LogP contribution in [0.4, 0.5) is 4.79 Å². The van der Waals surface area contributed by atoms with Gasteiger partial charge in [-0.3, -0.25) is 4.79 Å². The van der Waals surface area contributed by atoms with E-state index in [0.29, 0.717) is 17.0 Å². The van der Waals surface area contributed by atoms with Crippen molar-refractivity contribution in [3.05, 3.63) is 71.3 Å². The first kappa shape index (κ1) is 17.7. The smallest absolute Gasteiger partial charge is 0.320 e. The largest absolute Gasteiger partial charge is 0.491 e. The van der Waals surface area contributed by atoms with E-state index in [9.17, 15) is 9.59 Å². The number of hydrogen-bond acceptors (Lipinski definition) is 3. The molecular weight excluding hydrogens is 328 g/mol. The summed E-state index contributed by atoms with van der Waals surface area (Å²) in [5.41, 5.74) is 2.59. The fraction of sp³-hybridized carbons (Fsp3) is 0.238. The van der Waals surface area contributed by atoms with Gasteiger partial charge in [-0.25, -0.2) is 4.79 Å². The van der Waals surface area contributed by atoms with Crippen LogP contribution < -0.4 is 15.4 Å². The van der Waals surface area contributed by atoms with Crippen LogP contribution >= 0.6 is 0 Å². The SMILES string of the molecule is CC(=O)C1=C(c2ccccc2)NC(=O)N[C@@H]1c1ccccc1OC(C)C. The minimum atomic E-state index is -0.577. The highest BCUT2D eigenvalue weighted by Crippen LogP contribution is 2.36. The second-order valence-corrected chi connectivity index (χ2v) is 6.45. The lowest BCUT2D eigenvalue weighted by Crippen LogP contribution is -2.44. The zero-order valence-corrected chi connectivity index (χ0v) is 15.1. The summed E-state index contributed by atoms with van der Waals surface area (Å²) in [6.45, 7) is 5.39. The molecule has 0 bridgehead atoms. The Balaban J connectivity index is 2.17. The van der Waals surface area contributed by atoms with Gasteiger partial charge >= 0.3 is 6.03 Å². The first-order valence-corrected chi connectivity index (χ1v) is 8.61. The van der Waals surface area contributed by atoms with Gasteiger partial charge in [-0.05, 0) is 32.4 Å². The number of carbonyl (C=O) groups excluding carboxylic acids is 2. The summed E-state index contributed by atoms with van der Waals surface area (Å²) in [7, 11) is 0. The first-order chi connectivity index (χ1) is 12.5. The third kappa shape index (κ3) is 3.61. The fourth-order valence-corrected chi connectivity index (χ4v) is 3.09. The molecule has 5 nitrogen and oxygen atoms in total. The number of benzene rings is 2. The zero-order valence-electron chi connectivity index (χ0n) is 15.1. The number of ether oxygens (including phenoxy) is 1. The highest BCUT2D eigenvalue weighted by molar-refractivity contribution is 6.07. The predicted molar refractivity (Wildman–Crippen MR) is 101 cm³/mol. The average Bonchev–Trinajstić information content (AvgIpc) is 2.61. The van der Waals surface area contributed by atoms with Gasteiger partial charge in [0.2, 0.25) is 0 Å². The molecule has 3 rings (SSSR count). The summed E-state index contributed by atoms with van der Waals surface area (Å²) in [4.78, 5) is 24.8. The molecule has 0 unspecified atom stereocenters. The van der Waals surface area contributed by atoms with Crippen molar-refractivity contribution in [1.82, 2.24) is 10.6 Å². The molecule has 0 saturated carbocycles. The molecule has 0 fully saturated rings. The maximum absolute atomic E-state index is 12.5. The molecule has 0 spiro atoms. The summed E-state index contributed by atoms with van der Waals surface area (Å²) < 4.78 is 5.90. The maximum Gasteiger partial charge on any atom is 0.320 e. The molecule has 1 atom stereocenters. The average molecular weight is 350 g/mol. The Morgan fingerprint density at radius 3 is 2.35 bits per heavy atom. The molecule has 1 aliphatic rings. The van der Waals surface area contributed by atoms with Crippen LogP contribution in [-0.2, 0) is 4.79 Å². The van der Waals surface area contributed by atoms with Crippen LogP contribution in [0.15, 0.2) is 60.2 Å². The summed E-state index contributed by atoms with van der Waals surface area (Å²) in [5, 5.41) is 5.66. The van der Waals surface area contributed by atoms with E-state index in [-0.39, 0.29) is 17.9 Å². The Morgan fingerprint density at radius 2 is 1.69 bits per heavy atom. The van der Waals surface area contributed by atoms with Gasteiger partial charge in [-0.2, -0.15) is 0 Å². The molecule has 2 N–H and O–H groups in total. The van der Waals surface area contributed by atoms with E-state index in [0.717, 1.165) is 11.1 Å². The number of hydrogen-bond donors (Lipinski definition) is 2. The number of para-hydroxylation sites is 1. The quantitative estimate of drug-likeness (QED) is 0.861. The molecule has 26 heavy (non-hydrogen) atoms. The summed E-state index contributed by atoms with van der Waals surface area (Å²) in [5.74, 6) is 0.543. The molecule has 5 heteroatoms. The van der Waals surface area contributed by atoms with E-state index in [1.807, 2.05) is 68.4 Å². The van der Waals surface area contributed by atoms with E-state index in [1.54, 1.807) is 0 Å². The van der Waals surface area contributed by atoms with Crippen molar-refractivity contribution in [3.8, 4) is 5.75 Å². The standard InChI is InChI=1S/C21H22N2O3/c1-13(2)26-17-12-8-7-11-16(17)20-18(14(3)24)19(22-21(25)23-20)15-9-5-4-6-10-15/h4-13,20H,1-3H3,(H2,22,23,25)/t20-/m1/s1. The number of urea groups is 1. The molecule has 1 heterocycles. The Hall–Kier alpha value is -3.08. The Kier molecular flexibility index (Phi) is 5.07. The molecule has 134 valence electrons. The van der Waals surface area contributed by atoms with Crippen molar-refractivity contribution >= 4 is 17.5 Å². The van der Waals surface area contributed by atoms with E-state index in [2.05, 4.69) is 10.6 Å². The van der Waals surface area contributed by atoms with Gasteiger partial charge in [0.15, 0.2) is 5.78 Å². The number of Topliss-reactive ketones (excluding diaryl/α,β-unsaturated/α-hetero) is 1. The Labute approximate surface area is 153 Å². The minimum Gasteiger partial charge on any atom is -0.491 e. The van der Waals surface area contributed by atoms with Gasteiger partial charge < -0.3 is 15.4 Å². The van der Waals surface area contributed by atoms with Crippen molar-refractivity contribution < 1.29 is 14.3 Å². The fourth-order valence-electron chi connectivity index (χ4n) is 3.09. The second-order valence-electron chi connectivity index (χ2n) is 6.45. The maximum atomic E-state index is 12.5. The van der Waals surface area contributed by atoms with Gasteiger partial charge in [-0.15, -0.1) is 0 Å². The third-order valence-electron chi connectivity index (χ3n) is 4.11. The topological polar surface area (TPSA) is 67.4 Å². The van der Waals surface area contributed by atoms with Gasteiger partial charge in [-0.1, -0.05) is 48.5 Å². The minimum absolute atomic E-state index is 0.0214. The number of ketones is 1. The highest BCUT2D eigenvalue weighted by Gasteiger charge is 2.33. The van der Waals surface area contributed by atoms with E-state index in [1.165, 1.54) is 6.92 Å². The Bertz CT molecular complexity index is 857. The summed E-state index contributed by atoms with van der Waals surface area (Å²) >= 11 is 0. The van der Waals surface area contributed by atoms with Crippen LogP contribution in [-0.4, -0.2) is 17.9 Å². The van der Waals surface area contributed by atoms with Gasteiger partial charge in [0.05, 0.1) is 17.8 Å². The molecule has 0 aliphatic carbocycles. The lowest BCUT2D eigenvalue weighted by atomic mass is 9.90. The first-order valence-electron chi connectivity index (χ1n) is 8.61. The van der Waals surface area contributed by atoms with E-state index < -0.39 is 6.04 Å². The Morgan fingerprint density at radius 1 is 1.04 bits per heavy atom. The predicted octanol–water partition coefficient (Wildman–Crippen LogP) is 3.83. The monoisotopic (exact) mass is 350 g/mol. The lowest BCUT2D eigenvalue weighted by Gasteiger charge is -2.30. The molecule has 2 aromatic carbocycles. The van der Waals surface area contributed by atoms with Crippen molar-refractivity contribution in [2.75, 3.05) is 0 Å². The van der Waals surface area contributed by atoms with Crippen molar-refractivity contribution in [2.45, 2.75) is 32.9 Å². The van der Waals surface area contributed by atoms with Crippen molar-refractivity contribution in [3.63, 3.8) is 0 Å². The normalized spacial score (nSPS) is 16.9. The van der Waals surface area contributed by atoms with Crippen molar-refractivity contribution in [1.29, 1.82) is 0 Å². The molecule has 2 aromatic rings. The van der Waals surface area contributed by atoms with Gasteiger partial charge in [0.1, 0.15) is 5.75 Å². The number of carbonyl (C=O) groups is 2.